The number of ether oxygens (including phenoxy) is 1. The van der Waals surface area contributed by atoms with Gasteiger partial charge in [0.1, 0.15) is 11.4 Å². The smallest absolute Gasteiger partial charge is 0.280 e. The van der Waals surface area contributed by atoms with Gasteiger partial charge in [0.25, 0.3) is 6.43 Å². The fourth-order valence-electron chi connectivity index (χ4n) is 1.05. The van der Waals surface area contributed by atoms with Crippen molar-refractivity contribution in [2.45, 2.75) is 12.8 Å². The van der Waals surface area contributed by atoms with Crippen molar-refractivity contribution in [3.8, 4) is 17.6 Å². The van der Waals surface area contributed by atoms with Crippen molar-refractivity contribution in [3.05, 3.63) is 17.5 Å². The molecule has 0 bridgehead atoms. The minimum Gasteiger partial charge on any atom is -0.503 e. The van der Waals surface area contributed by atoms with E-state index < -0.39 is 12.1 Å². The van der Waals surface area contributed by atoms with Crippen molar-refractivity contribution >= 4 is 0 Å². The van der Waals surface area contributed by atoms with E-state index in [9.17, 15) is 13.9 Å². The minimum atomic E-state index is -2.77. The Balaban J connectivity index is 3.26. The lowest BCUT2D eigenvalue weighted by Crippen LogP contribution is -1.99. The Morgan fingerprint density at radius 2 is 2.33 bits per heavy atom. The van der Waals surface area contributed by atoms with Crippen LogP contribution in [0.4, 0.5) is 8.78 Å². The van der Waals surface area contributed by atoms with Crippen molar-refractivity contribution in [1.29, 1.82) is 5.26 Å². The lowest BCUT2D eigenvalue weighted by Gasteiger charge is -2.08. The molecule has 0 saturated heterocycles. The van der Waals surface area contributed by atoms with Crippen LogP contribution in [-0.4, -0.2) is 17.2 Å². The number of rotatable bonds is 3. The van der Waals surface area contributed by atoms with Crippen LogP contribution < -0.4 is 4.74 Å². The first-order chi connectivity index (χ1) is 7.10. The summed E-state index contributed by atoms with van der Waals surface area (Å²) in [5, 5.41) is 17.9. The molecule has 1 aromatic rings. The van der Waals surface area contributed by atoms with E-state index in [2.05, 4.69) is 4.98 Å². The largest absolute Gasteiger partial charge is 0.503 e. The highest BCUT2D eigenvalue weighted by Gasteiger charge is 2.17. The van der Waals surface area contributed by atoms with Crippen LogP contribution in [0.2, 0.25) is 0 Å². The summed E-state index contributed by atoms with van der Waals surface area (Å²) < 4.78 is 29.4. The van der Waals surface area contributed by atoms with Gasteiger partial charge in [-0.1, -0.05) is 0 Å². The van der Waals surface area contributed by atoms with Crippen LogP contribution in [0, 0.1) is 11.3 Å². The highest BCUT2D eigenvalue weighted by Crippen LogP contribution is 2.32. The van der Waals surface area contributed by atoms with E-state index in [1.54, 1.807) is 6.07 Å². The quantitative estimate of drug-likeness (QED) is 0.833. The Kier molecular flexibility index (Phi) is 3.39. The lowest BCUT2D eigenvalue weighted by atomic mass is 10.2. The second-order valence-corrected chi connectivity index (χ2v) is 2.68. The summed E-state index contributed by atoms with van der Waals surface area (Å²) in [5.41, 5.74) is -0.623. The standard InChI is InChI=1S/C9H8F2N2O2/c1-15-7-4-6(9(10)11)13-5(2-3-12)8(7)14/h4,9,14H,2H2,1H3. The monoisotopic (exact) mass is 214 g/mol. The molecule has 15 heavy (non-hydrogen) atoms. The van der Waals surface area contributed by atoms with E-state index in [0.717, 1.165) is 6.07 Å². The van der Waals surface area contributed by atoms with Crippen molar-refractivity contribution in [3.63, 3.8) is 0 Å². The number of nitrogens with zero attached hydrogens (tertiary/aromatic N) is 2. The topological polar surface area (TPSA) is 66.1 Å². The Labute approximate surface area is 84.7 Å². The van der Waals surface area contributed by atoms with E-state index in [-0.39, 0.29) is 23.6 Å². The molecule has 0 fully saturated rings. The highest BCUT2D eigenvalue weighted by molar-refractivity contribution is 5.44. The molecule has 1 aromatic heterocycles. The Bertz CT molecular complexity index is 402. The highest BCUT2D eigenvalue weighted by atomic mass is 19.3. The molecule has 80 valence electrons. The van der Waals surface area contributed by atoms with E-state index in [0.29, 0.717) is 0 Å². The summed E-state index contributed by atoms with van der Waals surface area (Å²) in [6.45, 7) is 0. The fourth-order valence-corrected chi connectivity index (χ4v) is 1.05. The van der Waals surface area contributed by atoms with Crippen molar-refractivity contribution in [1.82, 2.24) is 4.98 Å². The van der Waals surface area contributed by atoms with Crippen LogP contribution in [0.1, 0.15) is 17.8 Å². The summed E-state index contributed by atoms with van der Waals surface area (Å²) in [5.74, 6) is -0.478. The van der Waals surface area contributed by atoms with Gasteiger partial charge in [-0.3, -0.25) is 0 Å². The summed E-state index contributed by atoms with van der Waals surface area (Å²) in [6, 6.07) is 2.66. The second-order valence-electron chi connectivity index (χ2n) is 2.68. The van der Waals surface area contributed by atoms with Crippen LogP contribution in [0.15, 0.2) is 6.07 Å². The second kappa shape index (κ2) is 4.55. The molecule has 1 rings (SSSR count). The number of aromatic hydroxyl groups is 1. The predicted octanol–water partition coefficient (Wildman–Crippen LogP) is 1.80. The van der Waals surface area contributed by atoms with Gasteiger partial charge in [0.2, 0.25) is 0 Å². The van der Waals surface area contributed by atoms with E-state index in [4.69, 9.17) is 10.00 Å². The van der Waals surface area contributed by atoms with Crippen molar-refractivity contribution < 1.29 is 18.6 Å². The molecule has 0 amide bonds. The number of hydrogen-bond donors (Lipinski definition) is 1. The predicted molar refractivity (Wildman–Crippen MR) is 46.7 cm³/mol. The molecule has 0 aliphatic heterocycles. The summed E-state index contributed by atoms with van der Waals surface area (Å²) in [6.07, 6.45) is -3.01. The van der Waals surface area contributed by atoms with Gasteiger partial charge in [-0.25, -0.2) is 13.8 Å². The molecule has 0 aromatic carbocycles. The molecule has 1 N–H and O–H groups in total. The third kappa shape index (κ3) is 2.31. The molecular weight excluding hydrogens is 206 g/mol. The first-order valence-electron chi connectivity index (χ1n) is 4.02. The van der Waals surface area contributed by atoms with Crippen molar-refractivity contribution in [2.24, 2.45) is 0 Å². The van der Waals surface area contributed by atoms with Crippen LogP contribution >= 0.6 is 0 Å². The Morgan fingerprint density at radius 1 is 1.67 bits per heavy atom. The number of aromatic nitrogens is 1. The van der Waals surface area contributed by atoms with Gasteiger partial charge < -0.3 is 9.84 Å². The molecular formula is C9H8F2N2O2. The van der Waals surface area contributed by atoms with Crippen molar-refractivity contribution in [2.75, 3.05) is 7.11 Å². The van der Waals surface area contributed by atoms with E-state index in [1.807, 2.05) is 0 Å². The average Bonchev–Trinajstić information content (AvgIpc) is 2.21. The molecule has 0 aliphatic rings. The van der Waals surface area contributed by atoms with Gasteiger partial charge in [0.05, 0.1) is 19.6 Å². The summed E-state index contributed by atoms with van der Waals surface area (Å²) in [4.78, 5) is 3.47. The summed E-state index contributed by atoms with van der Waals surface area (Å²) >= 11 is 0. The molecule has 4 nitrogen and oxygen atoms in total. The van der Waals surface area contributed by atoms with E-state index in [1.165, 1.54) is 7.11 Å². The average molecular weight is 214 g/mol. The summed E-state index contributed by atoms with van der Waals surface area (Å²) in [7, 11) is 1.24. The van der Waals surface area contributed by atoms with Gasteiger partial charge in [0, 0.05) is 6.07 Å². The molecule has 6 heteroatoms. The molecule has 0 unspecified atom stereocenters. The Morgan fingerprint density at radius 3 is 2.80 bits per heavy atom. The van der Waals surface area contributed by atoms with Crippen LogP contribution in [-0.2, 0) is 6.42 Å². The Hall–Kier alpha value is -1.90. The normalized spacial score (nSPS) is 10.1. The SMILES string of the molecule is COc1cc(C(F)F)nc(CC#N)c1O. The molecule has 0 radical (unpaired) electrons. The zero-order valence-corrected chi connectivity index (χ0v) is 7.87. The number of hydrogen-bond acceptors (Lipinski definition) is 4. The third-order valence-corrected chi connectivity index (χ3v) is 1.74. The maximum Gasteiger partial charge on any atom is 0.280 e. The molecule has 0 aliphatic carbocycles. The van der Waals surface area contributed by atoms with Gasteiger partial charge in [-0.15, -0.1) is 0 Å². The number of pyridine rings is 1. The number of nitriles is 1. The minimum absolute atomic E-state index is 0.104. The fraction of sp³-hybridized carbons (Fsp3) is 0.333. The maximum absolute atomic E-state index is 12.4. The molecule has 1 heterocycles. The van der Waals surface area contributed by atoms with Crippen LogP contribution in [0.5, 0.6) is 11.5 Å². The van der Waals surface area contributed by atoms with Gasteiger partial charge in [-0.05, 0) is 0 Å². The molecule has 0 spiro atoms. The van der Waals surface area contributed by atoms with Gasteiger partial charge in [0.15, 0.2) is 11.5 Å². The zero-order chi connectivity index (χ0) is 11.4. The van der Waals surface area contributed by atoms with E-state index >= 15 is 0 Å². The maximum atomic E-state index is 12.4. The molecule has 0 saturated carbocycles. The lowest BCUT2D eigenvalue weighted by molar-refractivity contribution is 0.145. The number of alkyl halides is 2. The van der Waals surface area contributed by atoms with Crippen LogP contribution in [0.25, 0.3) is 0 Å². The number of methoxy groups -OCH3 is 1. The third-order valence-electron chi connectivity index (χ3n) is 1.74. The van der Waals surface area contributed by atoms with Gasteiger partial charge in [-0.2, -0.15) is 5.26 Å². The first kappa shape index (κ1) is 11.2. The number of halogens is 2. The first-order valence-corrected chi connectivity index (χ1v) is 4.02. The van der Waals surface area contributed by atoms with Gasteiger partial charge >= 0.3 is 0 Å². The molecule has 0 atom stereocenters. The van der Waals surface area contributed by atoms with Crippen LogP contribution in [0.3, 0.4) is 0 Å². The zero-order valence-electron chi connectivity index (χ0n) is 7.87.